The fraction of sp³-hybridized carbons (Fsp3) is 0.375. The lowest BCUT2D eigenvalue weighted by Crippen LogP contribution is -2.53. The fourth-order valence-corrected chi connectivity index (χ4v) is 6.02. The number of carbonyl (C=O) groups excluding carboxylic acids is 2. The molecule has 0 heterocycles. The first-order valence-corrected chi connectivity index (χ1v) is 15.7. The molecular weight excluding hydrogens is 558 g/mol. The lowest BCUT2D eigenvalue weighted by atomic mass is 10.1. The van der Waals surface area contributed by atoms with Gasteiger partial charge in [0.25, 0.3) is 10.0 Å². The smallest absolute Gasteiger partial charge is 0.264 e. The van der Waals surface area contributed by atoms with Crippen molar-refractivity contribution >= 4 is 39.1 Å². The van der Waals surface area contributed by atoms with Gasteiger partial charge in [0.1, 0.15) is 12.6 Å². The first kappa shape index (κ1) is 32.2. The lowest BCUT2D eigenvalue weighted by molar-refractivity contribution is -0.140. The van der Waals surface area contributed by atoms with E-state index in [9.17, 15) is 18.0 Å². The van der Waals surface area contributed by atoms with Crippen LogP contribution >= 0.6 is 11.6 Å². The highest BCUT2D eigenvalue weighted by Gasteiger charge is 2.34. The van der Waals surface area contributed by atoms with Crippen LogP contribution in [0.1, 0.15) is 55.9 Å². The van der Waals surface area contributed by atoms with Gasteiger partial charge in [-0.25, -0.2) is 8.42 Å². The minimum atomic E-state index is -4.16. The highest BCUT2D eigenvalue weighted by Crippen LogP contribution is 2.29. The molecule has 2 atom stereocenters. The number of rotatable bonds is 12. The second-order valence-corrected chi connectivity index (χ2v) is 12.7. The molecule has 3 aromatic carbocycles. The Bertz CT molecular complexity index is 1470. The molecule has 0 spiro atoms. The van der Waals surface area contributed by atoms with E-state index < -0.39 is 28.5 Å². The minimum absolute atomic E-state index is 0.0552. The summed E-state index contributed by atoms with van der Waals surface area (Å²) in [5.74, 6) is -0.762. The van der Waals surface area contributed by atoms with Gasteiger partial charge in [-0.15, -0.1) is 0 Å². The number of hydrogen-bond acceptors (Lipinski definition) is 4. The summed E-state index contributed by atoms with van der Waals surface area (Å²) in [6.07, 6.45) is 1.10. The Balaban J connectivity index is 2.10. The van der Waals surface area contributed by atoms with Crippen molar-refractivity contribution in [3.05, 3.63) is 94.0 Å². The van der Waals surface area contributed by atoms with Crippen LogP contribution < -0.4 is 9.62 Å². The Morgan fingerprint density at radius 1 is 0.902 bits per heavy atom. The second-order valence-electron chi connectivity index (χ2n) is 10.4. The maximum Gasteiger partial charge on any atom is 0.264 e. The van der Waals surface area contributed by atoms with E-state index in [-0.39, 0.29) is 29.1 Å². The molecule has 0 aliphatic carbocycles. The zero-order chi connectivity index (χ0) is 30.3. The van der Waals surface area contributed by atoms with Crippen LogP contribution in [0.2, 0.25) is 5.02 Å². The molecule has 0 aromatic heterocycles. The summed E-state index contributed by atoms with van der Waals surface area (Å²) in [6.45, 7) is 11.0. The summed E-state index contributed by atoms with van der Waals surface area (Å²) in [5, 5.41) is 3.38. The van der Waals surface area contributed by atoms with Gasteiger partial charge in [-0.1, -0.05) is 73.5 Å². The number of sulfonamides is 1. The van der Waals surface area contributed by atoms with E-state index in [1.54, 1.807) is 30.3 Å². The van der Waals surface area contributed by atoms with Gasteiger partial charge in [0, 0.05) is 17.6 Å². The molecule has 0 fully saturated rings. The van der Waals surface area contributed by atoms with Crippen LogP contribution in [0.5, 0.6) is 0 Å². The quantitative estimate of drug-likeness (QED) is 0.270. The Morgan fingerprint density at radius 2 is 1.56 bits per heavy atom. The highest BCUT2D eigenvalue weighted by atomic mass is 35.5. The average molecular weight is 598 g/mol. The van der Waals surface area contributed by atoms with Gasteiger partial charge >= 0.3 is 0 Å². The van der Waals surface area contributed by atoms with Gasteiger partial charge in [0.15, 0.2) is 0 Å². The Kier molecular flexibility index (Phi) is 11.0. The van der Waals surface area contributed by atoms with Crippen LogP contribution in [0.3, 0.4) is 0 Å². The number of carbonyl (C=O) groups is 2. The molecule has 2 unspecified atom stereocenters. The minimum Gasteiger partial charge on any atom is -0.352 e. The molecule has 220 valence electrons. The molecule has 0 aliphatic heterocycles. The van der Waals surface area contributed by atoms with E-state index in [1.807, 2.05) is 65.8 Å². The summed E-state index contributed by atoms with van der Waals surface area (Å²) in [7, 11) is -4.16. The first-order chi connectivity index (χ1) is 19.4. The number of anilines is 1. The second kappa shape index (κ2) is 14.0. The number of nitrogens with zero attached hydrogens (tertiary/aromatic N) is 2. The topological polar surface area (TPSA) is 86.8 Å². The number of benzene rings is 3. The van der Waals surface area contributed by atoms with Crippen LogP contribution in [-0.4, -0.2) is 43.8 Å². The third-order valence-corrected chi connectivity index (χ3v) is 9.52. The molecule has 0 aliphatic rings. The summed E-state index contributed by atoms with van der Waals surface area (Å²) >= 11 is 6.41. The molecule has 2 amide bonds. The van der Waals surface area contributed by atoms with E-state index in [2.05, 4.69) is 5.32 Å². The number of hydrogen-bond donors (Lipinski definition) is 1. The summed E-state index contributed by atoms with van der Waals surface area (Å²) in [6, 6.07) is 18.2. The predicted molar refractivity (Wildman–Crippen MR) is 166 cm³/mol. The normalized spacial score (nSPS) is 12.9. The number of nitrogens with one attached hydrogen (secondary N) is 1. The van der Waals surface area contributed by atoms with Crippen molar-refractivity contribution in [1.82, 2.24) is 10.2 Å². The highest BCUT2D eigenvalue weighted by molar-refractivity contribution is 7.92. The van der Waals surface area contributed by atoms with E-state index >= 15 is 0 Å². The third kappa shape index (κ3) is 7.89. The van der Waals surface area contributed by atoms with Crippen molar-refractivity contribution in [3.8, 4) is 0 Å². The van der Waals surface area contributed by atoms with Crippen LogP contribution in [0, 0.1) is 20.8 Å². The molecule has 0 saturated carbocycles. The standard InChI is InChI=1S/C32H40ClN3O4S/c1-7-25(6)34-32(38)30(8-2)35(20-26-12-10-9-11-23(26)4)31(37)21-36(27-16-15-24(5)29(33)19-27)41(39,40)28-17-13-22(3)14-18-28/h9-19,25,30H,7-8,20-21H2,1-6H3,(H,34,38). The average Bonchev–Trinajstić information content (AvgIpc) is 2.94. The van der Waals surface area contributed by atoms with Gasteiger partial charge in [0.05, 0.1) is 10.6 Å². The zero-order valence-electron chi connectivity index (χ0n) is 24.6. The molecule has 3 aromatic rings. The Labute approximate surface area is 249 Å². The van der Waals surface area contributed by atoms with Gasteiger partial charge in [-0.3, -0.25) is 13.9 Å². The van der Waals surface area contributed by atoms with Crippen molar-refractivity contribution in [3.63, 3.8) is 0 Å². The largest absolute Gasteiger partial charge is 0.352 e. The first-order valence-electron chi connectivity index (χ1n) is 13.9. The van der Waals surface area contributed by atoms with Crippen LogP contribution in [0.4, 0.5) is 5.69 Å². The lowest BCUT2D eigenvalue weighted by Gasteiger charge is -2.34. The SMILES string of the molecule is CCC(C)NC(=O)C(CC)N(Cc1ccccc1C)C(=O)CN(c1ccc(C)c(Cl)c1)S(=O)(=O)c1ccc(C)cc1. The molecule has 0 radical (unpaired) electrons. The Hall–Kier alpha value is -3.36. The maximum absolute atomic E-state index is 14.2. The van der Waals surface area contributed by atoms with Gasteiger partial charge in [-0.05, 0) is 81.5 Å². The molecule has 3 rings (SSSR count). The van der Waals surface area contributed by atoms with E-state index in [0.717, 1.165) is 33.0 Å². The monoisotopic (exact) mass is 597 g/mol. The molecule has 0 bridgehead atoms. The van der Waals surface area contributed by atoms with Gasteiger partial charge in [-0.2, -0.15) is 0 Å². The third-order valence-electron chi connectivity index (χ3n) is 7.32. The summed E-state index contributed by atoms with van der Waals surface area (Å²) in [4.78, 5) is 29.1. The van der Waals surface area contributed by atoms with Crippen molar-refractivity contribution in [2.45, 2.75) is 77.9 Å². The van der Waals surface area contributed by atoms with Gasteiger partial charge in [0.2, 0.25) is 11.8 Å². The van der Waals surface area contributed by atoms with Crippen molar-refractivity contribution in [1.29, 1.82) is 0 Å². The van der Waals surface area contributed by atoms with E-state index in [0.29, 0.717) is 11.4 Å². The van der Waals surface area contributed by atoms with Crippen LogP contribution in [-0.2, 0) is 26.2 Å². The number of aryl methyl sites for hydroxylation is 3. The van der Waals surface area contributed by atoms with E-state index in [1.165, 1.54) is 17.0 Å². The van der Waals surface area contributed by atoms with Crippen molar-refractivity contribution < 1.29 is 18.0 Å². The molecular formula is C32H40ClN3O4S. The van der Waals surface area contributed by atoms with E-state index in [4.69, 9.17) is 11.6 Å². The summed E-state index contributed by atoms with van der Waals surface area (Å²) < 4.78 is 29.1. The molecule has 41 heavy (non-hydrogen) atoms. The van der Waals surface area contributed by atoms with Gasteiger partial charge < -0.3 is 10.2 Å². The molecule has 7 nitrogen and oxygen atoms in total. The van der Waals surface area contributed by atoms with Crippen LogP contribution in [0.25, 0.3) is 0 Å². The summed E-state index contributed by atoms with van der Waals surface area (Å²) in [5.41, 5.74) is 3.80. The molecule has 0 saturated heterocycles. The van der Waals surface area contributed by atoms with Crippen LogP contribution in [0.15, 0.2) is 71.6 Å². The number of halogens is 1. The fourth-order valence-electron chi connectivity index (χ4n) is 4.43. The van der Waals surface area contributed by atoms with Crippen molar-refractivity contribution in [2.75, 3.05) is 10.8 Å². The maximum atomic E-state index is 14.2. The predicted octanol–water partition coefficient (Wildman–Crippen LogP) is 6.18. The molecule has 9 heteroatoms. The molecule has 1 N–H and O–H groups in total. The number of amides is 2. The van der Waals surface area contributed by atoms with Crippen molar-refractivity contribution in [2.24, 2.45) is 0 Å². The Morgan fingerprint density at radius 3 is 2.15 bits per heavy atom. The zero-order valence-corrected chi connectivity index (χ0v) is 26.2.